The molecule has 2 atom stereocenters. The second-order valence-electron chi connectivity index (χ2n) is 8.43. The van der Waals surface area contributed by atoms with Gasteiger partial charge in [0.1, 0.15) is 11.5 Å². The van der Waals surface area contributed by atoms with E-state index in [1.54, 1.807) is 24.3 Å². The number of fused-ring (bicyclic) bond motifs is 1. The maximum absolute atomic E-state index is 12.9. The van der Waals surface area contributed by atoms with Crippen molar-refractivity contribution >= 4 is 17.7 Å². The fraction of sp³-hybridized carbons (Fsp3) is 0.435. The lowest BCUT2D eigenvalue weighted by Gasteiger charge is -2.22. The van der Waals surface area contributed by atoms with Gasteiger partial charge in [0.2, 0.25) is 5.91 Å². The lowest BCUT2D eigenvalue weighted by Crippen LogP contribution is -2.37. The first kappa shape index (κ1) is 18.2. The molecule has 2 aliphatic carbocycles. The number of imide groups is 1. The van der Waals surface area contributed by atoms with E-state index in [2.05, 4.69) is 6.92 Å². The monoisotopic (exact) mass is 392 g/mol. The molecule has 2 saturated carbocycles. The maximum atomic E-state index is 12.9. The van der Waals surface area contributed by atoms with E-state index in [1.807, 2.05) is 17.0 Å². The number of nitrogens with zero attached hydrogens (tertiary/aromatic N) is 2. The quantitative estimate of drug-likeness (QED) is 0.675. The van der Waals surface area contributed by atoms with E-state index in [0.717, 1.165) is 24.4 Å². The highest BCUT2D eigenvalue weighted by Gasteiger charge is 2.39. The van der Waals surface area contributed by atoms with Crippen molar-refractivity contribution in [2.45, 2.75) is 51.1 Å². The molecule has 1 aromatic carbocycles. The third kappa shape index (κ3) is 3.37. The van der Waals surface area contributed by atoms with Gasteiger partial charge in [-0.2, -0.15) is 0 Å². The van der Waals surface area contributed by atoms with Gasteiger partial charge in [-0.25, -0.2) is 0 Å². The first-order valence-corrected chi connectivity index (χ1v) is 10.4. The minimum atomic E-state index is -0.314. The predicted molar refractivity (Wildman–Crippen MR) is 105 cm³/mol. The smallest absolute Gasteiger partial charge is 0.261 e. The summed E-state index contributed by atoms with van der Waals surface area (Å²) in [5, 5.41) is 0. The van der Waals surface area contributed by atoms with Gasteiger partial charge in [-0.1, -0.05) is 19.1 Å². The van der Waals surface area contributed by atoms with Crippen LogP contribution < -0.4 is 0 Å². The van der Waals surface area contributed by atoms with Crippen molar-refractivity contribution in [3.8, 4) is 0 Å². The molecule has 6 nitrogen and oxygen atoms in total. The summed E-state index contributed by atoms with van der Waals surface area (Å²) < 4.78 is 5.98. The Bertz CT molecular complexity index is 955. The summed E-state index contributed by atoms with van der Waals surface area (Å²) >= 11 is 0. The highest BCUT2D eigenvalue weighted by molar-refractivity contribution is 6.21. The van der Waals surface area contributed by atoms with Crippen LogP contribution >= 0.6 is 0 Å². The Morgan fingerprint density at radius 1 is 1.10 bits per heavy atom. The van der Waals surface area contributed by atoms with Gasteiger partial charge in [0.25, 0.3) is 11.8 Å². The molecule has 1 aromatic heterocycles. The zero-order valence-electron chi connectivity index (χ0n) is 16.5. The molecular formula is C23H24N2O4. The van der Waals surface area contributed by atoms with Crippen molar-refractivity contribution in [1.29, 1.82) is 0 Å². The van der Waals surface area contributed by atoms with Crippen LogP contribution in [0.2, 0.25) is 0 Å². The molecule has 2 unspecified atom stereocenters. The normalized spacial score (nSPS) is 22.7. The average Bonchev–Trinajstić information content (AvgIpc) is 3.63. The first-order valence-electron chi connectivity index (χ1n) is 10.4. The van der Waals surface area contributed by atoms with Crippen molar-refractivity contribution in [2.75, 3.05) is 6.54 Å². The number of hydrogen-bond donors (Lipinski definition) is 0. The van der Waals surface area contributed by atoms with Gasteiger partial charge in [-0.3, -0.25) is 19.3 Å². The van der Waals surface area contributed by atoms with Crippen LogP contribution in [0.25, 0.3) is 0 Å². The highest BCUT2D eigenvalue weighted by Crippen LogP contribution is 2.47. The van der Waals surface area contributed by atoms with Crippen LogP contribution in [-0.2, 0) is 11.3 Å². The van der Waals surface area contributed by atoms with E-state index in [0.29, 0.717) is 29.5 Å². The fourth-order valence-corrected chi connectivity index (χ4v) is 4.17. The molecule has 6 heteroatoms. The van der Waals surface area contributed by atoms with E-state index in [1.165, 1.54) is 11.3 Å². The number of benzene rings is 1. The summed E-state index contributed by atoms with van der Waals surface area (Å²) in [6.07, 6.45) is 3.28. The van der Waals surface area contributed by atoms with Crippen LogP contribution in [0.15, 0.2) is 40.8 Å². The van der Waals surface area contributed by atoms with Gasteiger partial charge in [0.05, 0.1) is 17.7 Å². The van der Waals surface area contributed by atoms with Gasteiger partial charge in [0.15, 0.2) is 0 Å². The van der Waals surface area contributed by atoms with Gasteiger partial charge in [0, 0.05) is 24.9 Å². The van der Waals surface area contributed by atoms with Crippen molar-refractivity contribution in [2.24, 2.45) is 5.92 Å². The van der Waals surface area contributed by atoms with Gasteiger partial charge in [-0.15, -0.1) is 0 Å². The first-order chi connectivity index (χ1) is 14.0. The largest absolute Gasteiger partial charge is 0.464 e. The Hall–Kier alpha value is -2.89. The van der Waals surface area contributed by atoms with E-state index in [-0.39, 0.29) is 36.7 Å². The minimum Gasteiger partial charge on any atom is -0.464 e. The van der Waals surface area contributed by atoms with E-state index in [4.69, 9.17) is 4.42 Å². The van der Waals surface area contributed by atoms with Crippen molar-refractivity contribution < 1.29 is 18.8 Å². The van der Waals surface area contributed by atoms with Gasteiger partial charge < -0.3 is 9.32 Å². The Labute approximate surface area is 169 Å². The zero-order valence-corrected chi connectivity index (χ0v) is 16.5. The molecule has 0 radical (unpaired) electrons. The van der Waals surface area contributed by atoms with Crippen molar-refractivity contribution in [1.82, 2.24) is 9.80 Å². The summed E-state index contributed by atoms with van der Waals surface area (Å²) in [6, 6.07) is 11.0. The van der Waals surface area contributed by atoms with Gasteiger partial charge >= 0.3 is 0 Å². The Morgan fingerprint density at radius 2 is 1.76 bits per heavy atom. The molecule has 2 aromatic rings. The molecule has 29 heavy (non-hydrogen) atoms. The molecule has 0 bridgehead atoms. The molecule has 150 valence electrons. The predicted octanol–water partition coefficient (Wildman–Crippen LogP) is 3.58. The van der Waals surface area contributed by atoms with Crippen LogP contribution in [0.1, 0.15) is 70.8 Å². The Kier molecular flexibility index (Phi) is 4.30. The second-order valence-corrected chi connectivity index (χ2v) is 8.43. The van der Waals surface area contributed by atoms with Crippen LogP contribution in [0.5, 0.6) is 0 Å². The second kappa shape index (κ2) is 6.87. The molecule has 2 fully saturated rings. The maximum Gasteiger partial charge on any atom is 0.261 e. The van der Waals surface area contributed by atoms with E-state index < -0.39 is 0 Å². The average molecular weight is 392 g/mol. The fourth-order valence-electron chi connectivity index (χ4n) is 4.17. The summed E-state index contributed by atoms with van der Waals surface area (Å²) in [6.45, 7) is 2.77. The molecule has 1 aliphatic heterocycles. The van der Waals surface area contributed by atoms with Gasteiger partial charge in [-0.05, 0) is 49.4 Å². The van der Waals surface area contributed by atoms with Crippen molar-refractivity contribution in [3.63, 3.8) is 0 Å². The topological polar surface area (TPSA) is 70.8 Å². The summed E-state index contributed by atoms with van der Waals surface area (Å²) in [5.41, 5.74) is 0.836. The molecule has 0 spiro atoms. The highest BCUT2D eigenvalue weighted by atomic mass is 16.3. The van der Waals surface area contributed by atoms with Crippen LogP contribution in [0.3, 0.4) is 0 Å². The molecule has 2 heterocycles. The molecule has 3 amide bonds. The lowest BCUT2D eigenvalue weighted by atomic mass is 10.1. The lowest BCUT2D eigenvalue weighted by molar-refractivity contribution is -0.132. The van der Waals surface area contributed by atoms with Crippen LogP contribution in [0, 0.1) is 5.92 Å². The molecular weight excluding hydrogens is 368 g/mol. The SMILES string of the molecule is CC1CC1c1ccc(CN(C(=O)CCN2C(=O)c3ccccc3C2=O)C2CC2)o1. The number of carbonyl (C=O) groups excluding carboxylic acids is 3. The molecule has 3 aliphatic rings. The summed E-state index contributed by atoms with van der Waals surface area (Å²) in [4.78, 5) is 40.9. The zero-order chi connectivity index (χ0) is 20.1. The Morgan fingerprint density at radius 3 is 2.34 bits per heavy atom. The third-order valence-electron chi connectivity index (χ3n) is 6.22. The summed E-state index contributed by atoms with van der Waals surface area (Å²) in [7, 11) is 0. The number of amides is 3. The van der Waals surface area contributed by atoms with E-state index >= 15 is 0 Å². The van der Waals surface area contributed by atoms with Crippen molar-refractivity contribution in [3.05, 3.63) is 59.0 Å². The number of rotatable bonds is 7. The minimum absolute atomic E-state index is 0.0400. The number of carbonyl (C=O) groups is 3. The molecule has 0 saturated heterocycles. The van der Waals surface area contributed by atoms with Crippen LogP contribution in [-0.4, -0.2) is 40.1 Å². The van der Waals surface area contributed by atoms with E-state index in [9.17, 15) is 14.4 Å². The van der Waals surface area contributed by atoms with Crippen LogP contribution in [0.4, 0.5) is 0 Å². The summed E-state index contributed by atoms with van der Waals surface area (Å²) in [5.74, 6) is 2.34. The molecule has 5 rings (SSSR count). The standard InChI is InChI=1S/C23H24N2O4/c1-14-12-19(14)20-9-8-16(29-20)13-25(15-6-7-15)21(26)10-11-24-22(27)17-4-2-3-5-18(17)23(24)28/h2-5,8-9,14-15,19H,6-7,10-13H2,1H3. The number of hydrogen-bond acceptors (Lipinski definition) is 4. The third-order valence-corrected chi connectivity index (χ3v) is 6.22. The Balaban J connectivity index is 1.23. The molecule has 0 N–H and O–H groups in total. The number of furan rings is 1.